The van der Waals surface area contributed by atoms with E-state index in [1.54, 1.807) is 6.07 Å². The molecule has 1 fully saturated rings. The molecule has 1 aliphatic rings. The van der Waals surface area contributed by atoms with Gasteiger partial charge in [-0.2, -0.15) is 0 Å². The van der Waals surface area contributed by atoms with E-state index in [1.807, 2.05) is 66.7 Å². The third kappa shape index (κ3) is 6.32. The van der Waals surface area contributed by atoms with Crippen molar-refractivity contribution >= 4 is 11.6 Å². The van der Waals surface area contributed by atoms with Gasteiger partial charge in [0, 0.05) is 17.1 Å². The summed E-state index contributed by atoms with van der Waals surface area (Å²) in [4.78, 5) is 2.47. The molecule has 0 unspecified atom stereocenters. The zero-order chi connectivity index (χ0) is 22.2. The fourth-order valence-electron chi connectivity index (χ4n) is 4.28. The first kappa shape index (κ1) is 22.8. The Morgan fingerprint density at radius 1 is 0.938 bits per heavy atom. The molecular formula is C27H30ClFN2O. The van der Waals surface area contributed by atoms with Gasteiger partial charge in [-0.05, 0) is 74.3 Å². The molecule has 32 heavy (non-hydrogen) atoms. The summed E-state index contributed by atoms with van der Waals surface area (Å²) in [5.41, 5.74) is 1.69. The van der Waals surface area contributed by atoms with E-state index in [1.165, 1.54) is 6.07 Å². The van der Waals surface area contributed by atoms with Gasteiger partial charge in [0.1, 0.15) is 18.2 Å². The van der Waals surface area contributed by atoms with Crippen LogP contribution in [0.25, 0.3) is 0 Å². The highest BCUT2D eigenvalue weighted by molar-refractivity contribution is 6.30. The molecule has 1 atom stereocenters. The molecule has 0 spiro atoms. The quantitative estimate of drug-likeness (QED) is 0.434. The number of hydrogen-bond donors (Lipinski definition) is 1. The summed E-state index contributed by atoms with van der Waals surface area (Å²) < 4.78 is 20.4. The van der Waals surface area contributed by atoms with Crippen molar-refractivity contribution in [2.75, 3.05) is 32.8 Å². The topological polar surface area (TPSA) is 24.5 Å². The minimum absolute atomic E-state index is 0.187. The molecule has 3 aromatic carbocycles. The summed E-state index contributed by atoms with van der Waals surface area (Å²) in [6, 6.07) is 24.4. The first-order valence-corrected chi connectivity index (χ1v) is 11.7. The van der Waals surface area contributed by atoms with Crippen LogP contribution in [0.1, 0.15) is 30.0 Å². The Bertz CT molecular complexity index is 959. The fraction of sp³-hybridized carbons (Fsp3) is 0.333. The van der Waals surface area contributed by atoms with Gasteiger partial charge in [0.15, 0.2) is 0 Å². The van der Waals surface area contributed by atoms with Crippen LogP contribution < -0.4 is 10.1 Å². The summed E-state index contributed by atoms with van der Waals surface area (Å²) in [5, 5.41) is 4.32. The van der Waals surface area contributed by atoms with E-state index >= 15 is 0 Å². The van der Waals surface area contributed by atoms with Crippen LogP contribution in [0, 0.1) is 11.7 Å². The molecule has 3 aromatic rings. The first-order chi connectivity index (χ1) is 15.7. The maximum atomic E-state index is 14.6. The highest BCUT2D eigenvalue weighted by Crippen LogP contribution is 2.27. The molecule has 4 rings (SSSR count). The van der Waals surface area contributed by atoms with E-state index in [-0.39, 0.29) is 11.9 Å². The maximum absolute atomic E-state index is 14.6. The van der Waals surface area contributed by atoms with Crippen molar-refractivity contribution in [3.05, 3.63) is 101 Å². The second-order valence-corrected chi connectivity index (χ2v) is 8.80. The number of ether oxygens (including phenoxy) is 1. The van der Waals surface area contributed by atoms with Crippen LogP contribution in [-0.4, -0.2) is 37.7 Å². The molecule has 1 heterocycles. The van der Waals surface area contributed by atoms with E-state index in [4.69, 9.17) is 16.3 Å². The predicted octanol–water partition coefficient (Wildman–Crippen LogP) is 5.95. The van der Waals surface area contributed by atoms with Crippen LogP contribution in [0.4, 0.5) is 4.39 Å². The number of rotatable bonds is 9. The van der Waals surface area contributed by atoms with Crippen molar-refractivity contribution < 1.29 is 9.13 Å². The number of benzene rings is 3. The van der Waals surface area contributed by atoms with Crippen LogP contribution in [0.15, 0.2) is 78.9 Å². The molecule has 1 saturated heterocycles. The highest BCUT2D eigenvalue weighted by atomic mass is 35.5. The van der Waals surface area contributed by atoms with Gasteiger partial charge in [-0.15, -0.1) is 0 Å². The third-order valence-electron chi connectivity index (χ3n) is 6.16. The van der Waals surface area contributed by atoms with Crippen molar-refractivity contribution in [3.8, 4) is 5.75 Å². The van der Waals surface area contributed by atoms with Crippen molar-refractivity contribution in [3.63, 3.8) is 0 Å². The summed E-state index contributed by atoms with van der Waals surface area (Å²) in [7, 11) is 0. The standard InChI is InChI=1S/C27H30ClFN2O/c28-23-12-10-22(11-13-23)27(25-8-4-5-9-26(25)29)30-20-21-14-16-31(17-15-21)18-19-32-24-6-2-1-3-7-24/h1-13,21,27,30H,14-20H2/t27-/m1/s1. The maximum Gasteiger partial charge on any atom is 0.128 e. The minimum atomic E-state index is -0.189. The average Bonchev–Trinajstić information content (AvgIpc) is 2.83. The molecule has 0 saturated carbocycles. The molecule has 0 amide bonds. The number of hydrogen-bond acceptors (Lipinski definition) is 3. The SMILES string of the molecule is Fc1ccccc1[C@H](NCC1CCN(CCOc2ccccc2)CC1)c1ccc(Cl)cc1. The van der Waals surface area contributed by atoms with E-state index in [0.29, 0.717) is 23.1 Å². The number of halogens is 2. The van der Waals surface area contributed by atoms with Gasteiger partial charge in [0.05, 0.1) is 6.04 Å². The summed E-state index contributed by atoms with van der Waals surface area (Å²) in [6.45, 7) is 4.64. The average molecular weight is 453 g/mol. The molecule has 0 aliphatic carbocycles. The van der Waals surface area contributed by atoms with Crippen LogP contribution >= 0.6 is 11.6 Å². The lowest BCUT2D eigenvalue weighted by atomic mass is 9.94. The highest BCUT2D eigenvalue weighted by Gasteiger charge is 2.22. The Kier molecular flexibility index (Phi) is 8.16. The number of para-hydroxylation sites is 1. The monoisotopic (exact) mass is 452 g/mol. The number of nitrogens with zero attached hydrogens (tertiary/aromatic N) is 1. The Balaban J connectivity index is 1.28. The molecule has 1 aliphatic heterocycles. The van der Waals surface area contributed by atoms with Gasteiger partial charge in [-0.3, -0.25) is 4.90 Å². The predicted molar refractivity (Wildman–Crippen MR) is 129 cm³/mol. The van der Waals surface area contributed by atoms with Gasteiger partial charge >= 0.3 is 0 Å². The fourth-order valence-corrected chi connectivity index (χ4v) is 4.41. The van der Waals surface area contributed by atoms with Crippen LogP contribution in [-0.2, 0) is 0 Å². The van der Waals surface area contributed by atoms with Crippen LogP contribution in [0.5, 0.6) is 5.75 Å². The van der Waals surface area contributed by atoms with Gasteiger partial charge in [-0.25, -0.2) is 4.39 Å². The van der Waals surface area contributed by atoms with Gasteiger partial charge in [0.25, 0.3) is 0 Å². The number of likely N-dealkylation sites (tertiary alicyclic amines) is 1. The molecule has 0 radical (unpaired) electrons. The molecular weight excluding hydrogens is 423 g/mol. The van der Waals surface area contributed by atoms with Crippen molar-refractivity contribution in [1.29, 1.82) is 0 Å². The Morgan fingerprint density at radius 2 is 1.62 bits per heavy atom. The summed E-state index contributed by atoms with van der Waals surface area (Å²) >= 11 is 6.07. The molecule has 0 bridgehead atoms. The Labute approximate surface area is 195 Å². The van der Waals surface area contributed by atoms with Crippen LogP contribution in [0.2, 0.25) is 5.02 Å². The van der Waals surface area contributed by atoms with Crippen molar-refractivity contribution in [1.82, 2.24) is 10.2 Å². The Morgan fingerprint density at radius 3 is 2.34 bits per heavy atom. The van der Waals surface area contributed by atoms with Gasteiger partial charge in [-0.1, -0.05) is 60.1 Å². The zero-order valence-corrected chi connectivity index (χ0v) is 19.0. The van der Waals surface area contributed by atoms with Crippen molar-refractivity contribution in [2.45, 2.75) is 18.9 Å². The lowest BCUT2D eigenvalue weighted by Crippen LogP contribution is -2.40. The van der Waals surface area contributed by atoms with E-state index in [0.717, 1.165) is 50.3 Å². The van der Waals surface area contributed by atoms with E-state index < -0.39 is 0 Å². The number of nitrogens with one attached hydrogen (secondary N) is 1. The minimum Gasteiger partial charge on any atom is -0.492 e. The summed E-state index contributed by atoms with van der Waals surface area (Å²) in [6.07, 6.45) is 2.26. The smallest absolute Gasteiger partial charge is 0.128 e. The zero-order valence-electron chi connectivity index (χ0n) is 18.2. The Hall–Kier alpha value is -2.40. The van der Waals surface area contributed by atoms with Gasteiger partial charge in [0.2, 0.25) is 0 Å². The van der Waals surface area contributed by atoms with Crippen LogP contribution in [0.3, 0.4) is 0 Å². The molecule has 0 aromatic heterocycles. The van der Waals surface area contributed by atoms with E-state index in [9.17, 15) is 4.39 Å². The number of piperidine rings is 1. The lowest BCUT2D eigenvalue weighted by Gasteiger charge is -2.33. The lowest BCUT2D eigenvalue weighted by molar-refractivity contribution is 0.153. The molecule has 3 nitrogen and oxygen atoms in total. The largest absolute Gasteiger partial charge is 0.492 e. The normalized spacial score (nSPS) is 16.1. The molecule has 5 heteroatoms. The first-order valence-electron chi connectivity index (χ1n) is 11.3. The van der Waals surface area contributed by atoms with Gasteiger partial charge < -0.3 is 10.1 Å². The van der Waals surface area contributed by atoms with E-state index in [2.05, 4.69) is 10.2 Å². The molecule has 168 valence electrons. The summed E-state index contributed by atoms with van der Waals surface area (Å²) in [5.74, 6) is 1.31. The van der Waals surface area contributed by atoms with Crippen molar-refractivity contribution in [2.24, 2.45) is 5.92 Å². The second-order valence-electron chi connectivity index (χ2n) is 8.36. The third-order valence-corrected chi connectivity index (χ3v) is 6.41. The molecule has 1 N–H and O–H groups in total. The second kappa shape index (κ2) is 11.5.